The maximum Gasteiger partial charge on any atom is 0.275 e. The van der Waals surface area contributed by atoms with Crippen molar-refractivity contribution in [3.8, 4) is 0 Å². The Hall–Kier alpha value is -2.80. The molecule has 1 amide bonds. The van der Waals surface area contributed by atoms with Crippen molar-refractivity contribution in [2.45, 2.75) is 32.3 Å². The fourth-order valence-corrected chi connectivity index (χ4v) is 3.89. The largest absolute Gasteiger partial charge is 0.392 e. The number of benzene rings is 1. The van der Waals surface area contributed by atoms with Gasteiger partial charge in [-0.25, -0.2) is 9.97 Å². The Bertz CT molecular complexity index is 997. The molecule has 3 heterocycles. The third-order valence-corrected chi connectivity index (χ3v) is 5.24. The molecule has 1 aromatic carbocycles. The van der Waals surface area contributed by atoms with E-state index in [9.17, 15) is 9.90 Å². The number of carbonyl (C=O) groups excluding carboxylic acids is 1. The minimum Gasteiger partial charge on any atom is -0.392 e. The fourth-order valence-electron chi connectivity index (χ4n) is 3.89. The molecule has 0 bridgehead atoms. The van der Waals surface area contributed by atoms with E-state index in [-0.39, 0.29) is 18.4 Å². The van der Waals surface area contributed by atoms with Gasteiger partial charge in [0.2, 0.25) is 0 Å². The molecule has 7 nitrogen and oxygen atoms in total. The van der Waals surface area contributed by atoms with Gasteiger partial charge in [0.1, 0.15) is 5.82 Å². The van der Waals surface area contributed by atoms with Crippen LogP contribution in [0.5, 0.6) is 0 Å². The standard InChI is InChI=1S/C20H23N5O2/c1-13-21-10-15(12-26)18(22-13)14-6-5-9-25(11-14)20(27)19-16-7-3-4-8-17(16)24(2)23-19/h3-4,7-8,10,14,26H,5-6,9,11-12H2,1-2H3. The first-order valence-electron chi connectivity index (χ1n) is 9.22. The van der Waals surface area contributed by atoms with Crippen molar-refractivity contribution in [1.82, 2.24) is 24.6 Å². The second kappa shape index (κ2) is 7.08. The minimum absolute atomic E-state index is 0.0483. The molecule has 1 N–H and O–H groups in total. The maximum atomic E-state index is 13.2. The zero-order chi connectivity index (χ0) is 19.0. The molecule has 0 spiro atoms. The van der Waals surface area contributed by atoms with Crippen LogP contribution in [0, 0.1) is 6.92 Å². The van der Waals surface area contributed by atoms with E-state index in [1.165, 1.54) is 0 Å². The van der Waals surface area contributed by atoms with Gasteiger partial charge in [-0.3, -0.25) is 9.48 Å². The number of aryl methyl sites for hydroxylation is 2. The number of hydrogen-bond acceptors (Lipinski definition) is 5. The SMILES string of the molecule is Cc1ncc(CO)c(C2CCCN(C(=O)c3nn(C)c4ccccc34)C2)n1. The maximum absolute atomic E-state index is 13.2. The summed E-state index contributed by atoms with van der Waals surface area (Å²) in [6.45, 7) is 3.04. The van der Waals surface area contributed by atoms with E-state index in [1.54, 1.807) is 10.9 Å². The molecule has 3 aromatic rings. The number of likely N-dealkylation sites (tertiary alicyclic amines) is 1. The zero-order valence-corrected chi connectivity index (χ0v) is 15.6. The average Bonchev–Trinajstić information content (AvgIpc) is 3.04. The molecule has 1 saturated heterocycles. The molecule has 0 aliphatic carbocycles. The average molecular weight is 365 g/mol. The first kappa shape index (κ1) is 17.6. The number of carbonyl (C=O) groups is 1. The minimum atomic E-state index is -0.0923. The highest BCUT2D eigenvalue weighted by Gasteiger charge is 2.30. The van der Waals surface area contributed by atoms with Gasteiger partial charge in [0.05, 0.1) is 17.8 Å². The molecule has 7 heteroatoms. The van der Waals surface area contributed by atoms with Crippen LogP contribution < -0.4 is 0 Å². The van der Waals surface area contributed by atoms with E-state index in [1.807, 2.05) is 43.1 Å². The second-order valence-electron chi connectivity index (χ2n) is 7.07. The Kier molecular flexibility index (Phi) is 4.61. The molecule has 1 atom stereocenters. The zero-order valence-electron chi connectivity index (χ0n) is 15.6. The molecule has 27 heavy (non-hydrogen) atoms. The van der Waals surface area contributed by atoms with Gasteiger partial charge in [-0.1, -0.05) is 18.2 Å². The summed E-state index contributed by atoms with van der Waals surface area (Å²) in [5.74, 6) is 0.732. The van der Waals surface area contributed by atoms with E-state index in [0.29, 0.717) is 24.6 Å². The van der Waals surface area contributed by atoms with E-state index < -0.39 is 0 Å². The molecule has 1 aliphatic heterocycles. The molecule has 1 fully saturated rings. The number of rotatable bonds is 3. The van der Waals surface area contributed by atoms with Crippen molar-refractivity contribution in [3.05, 3.63) is 53.2 Å². The lowest BCUT2D eigenvalue weighted by Gasteiger charge is -2.32. The van der Waals surface area contributed by atoms with Crippen molar-refractivity contribution >= 4 is 16.8 Å². The van der Waals surface area contributed by atoms with Gasteiger partial charge in [0, 0.05) is 43.2 Å². The lowest BCUT2D eigenvalue weighted by molar-refractivity contribution is 0.0700. The summed E-state index contributed by atoms with van der Waals surface area (Å²) in [5.41, 5.74) is 3.04. The van der Waals surface area contributed by atoms with E-state index >= 15 is 0 Å². The number of aliphatic hydroxyl groups excluding tert-OH is 1. The van der Waals surface area contributed by atoms with Crippen LogP contribution in [-0.2, 0) is 13.7 Å². The van der Waals surface area contributed by atoms with Crippen LogP contribution in [0.3, 0.4) is 0 Å². The van der Waals surface area contributed by atoms with Gasteiger partial charge in [0.25, 0.3) is 5.91 Å². The van der Waals surface area contributed by atoms with Gasteiger partial charge in [-0.15, -0.1) is 0 Å². The third-order valence-electron chi connectivity index (χ3n) is 5.24. The van der Waals surface area contributed by atoms with E-state index in [4.69, 9.17) is 0 Å². The molecule has 0 saturated carbocycles. The van der Waals surface area contributed by atoms with Crippen LogP contribution >= 0.6 is 0 Å². The number of aromatic nitrogens is 4. The lowest BCUT2D eigenvalue weighted by Crippen LogP contribution is -2.40. The van der Waals surface area contributed by atoms with Crippen molar-refractivity contribution in [3.63, 3.8) is 0 Å². The Labute approximate surface area is 157 Å². The van der Waals surface area contributed by atoms with Crippen molar-refractivity contribution in [2.75, 3.05) is 13.1 Å². The fraction of sp³-hybridized carbons (Fsp3) is 0.400. The predicted octanol–water partition coefficient (Wildman–Crippen LogP) is 2.18. The molecule has 2 aromatic heterocycles. The Morgan fingerprint density at radius 3 is 2.96 bits per heavy atom. The summed E-state index contributed by atoms with van der Waals surface area (Å²) in [6.07, 6.45) is 3.52. The van der Waals surface area contributed by atoms with Gasteiger partial charge < -0.3 is 10.0 Å². The summed E-state index contributed by atoms with van der Waals surface area (Å²) in [6, 6.07) is 7.78. The monoisotopic (exact) mass is 365 g/mol. The smallest absolute Gasteiger partial charge is 0.275 e. The third kappa shape index (κ3) is 3.19. The van der Waals surface area contributed by atoms with Crippen LogP contribution in [0.25, 0.3) is 10.9 Å². The number of amides is 1. The number of hydrogen-bond donors (Lipinski definition) is 1. The molecule has 140 valence electrons. The topological polar surface area (TPSA) is 84.1 Å². The van der Waals surface area contributed by atoms with Crippen LogP contribution in [0.2, 0.25) is 0 Å². The Morgan fingerprint density at radius 1 is 1.33 bits per heavy atom. The molecule has 1 aliphatic rings. The summed E-state index contributed by atoms with van der Waals surface area (Å²) in [5, 5.41) is 15.0. The molecular weight excluding hydrogens is 342 g/mol. The van der Waals surface area contributed by atoms with E-state index in [2.05, 4.69) is 15.1 Å². The Balaban J connectivity index is 1.63. The highest BCUT2D eigenvalue weighted by Crippen LogP contribution is 2.29. The normalized spacial score (nSPS) is 17.4. The van der Waals surface area contributed by atoms with Crippen molar-refractivity contribution < 1.29 is 9.90 Å². The van der Waals surface area contributed by atoms with Crippen LogP contribution in [0.1, 0.15) is 46.3 Å². The molecule has 4 rings (SSSR count). The number of fused-ring (bicyclic) bond motifs is 1. The number of piperidine rings is 1. The van der Waals surface area contributed by atoms with Crippen molar-refractivity contribution in [2.24, 2.45) is 7.05 Å². The summed E-state index contributed by atoms with van der Waals surface area (Å²) < 4.78 is 1.75. The summed E-state index contributed by atoms with van der Waals surface area (Å²) in [7, 11) is 1.86. The van der Waals surface area contributed by atoms with Gasteiger partial charge in [-0.2, -0.15) is 5.10 Å². The number of aliphatic hydroxyl groups is 1. The Morgan fingerprint density at radius 2 is 2.15 bits per heavy atom. The van der Waals surface area contributed by atoms with Gasteiger partial charge in [-0.05, 0) is 25.8 Å². The summed E-state index contributed by atoms with van der Waals surface area (Å²) in [4.78, 5) is 23.8. The lowest BCUT2D eigenvalue weighted by atomic mass is 9.92. The quantitative estimate of drug-likeness (QED) is 0.769. The van der Waals surface area contributed by atoms with Crippen molar-refractivity contribution in [1.29, 1.82) is 0 Å². The van der Waals surface area contributed by atoms with Gasteiger partial charge in [0.15, 0.2) is 5.69 Å². The molecular formula is C20H23N5O2. The summed E-state index contributed by atoms with van der Waals surface area (Å²) >= 11 is 0. The van der Waals surface area contributed by atoms with Crippen LogP contribution in [0.4, 0.5) is 0 Å². The predicted molar refractivity (Wildman–Crippen MR) is 101 cm³/mol. The number of nitrogens with zero attached hydrogens (tertiary/aromatic N) is 5. The molecule has 0 radical (unpaired) electrons. The second-order valence-corrected chi connectivity index (χ2v) is 7.07. The van der Waals surface area contributed by atoms with Crippen LogP contribution in [0.15, 0.2) is 30.5 Å². The molecule has 1 unspecified atom stereocenters. The van der Waals surface area contributed by atoms with E-state index in [0.717, 1.165) is 35.0 Å². The van der Waals surface area contributed by atoms with Crippen LogP contribution in [-0.4, -0.2) is 48.8 Å². The number of para-hydroxylation sites is 1. The first-order valence-corrected chi connectivity index (χ1v) is 9.22. The van der Waals surface area contributed by atoms with Gasteiger partial charge >= 0.3 is 0 Å². The highest BCUT2D eigenvalue weighted by atomic mass is 16.3. The highest BCUT2D eigenvalue weighted by molar-refractivity contribution is 6.04. The first-order chi connectivity index (χ1) is 13.1.